The van der Waals surface area contributed by atoms with Crippen LogP contribution in [0.5, 0.6) is 0 Å². The van der Waals surface area contributed by atoms with E-state index in [0.29, 0.717) is 28.7 Å². The molecule has 32 heavy (non-hydrogen) atoms. The molecule has 7 nitrogen and oxygen atoms in total. The fourth-order valence-corrected chi connectivity index (χ4v) is 3.54. The second kappa shape index (κ2) is 9.13. The molecule has 4 aromatic rings. The van der Waals surface area contributed by atoms with Gasteiger partial charge in [-0.25, -0.2) is 19.2 Å². The molecule has 0 saturated carbocycles. The van der Waals surface area contributed by atoms with Gasteiger partial charge in [-0.05, 0) is 49.7 Å². The lowest BCUT2D eigenvalue weighted by atomic mass is 10.2. The molecule has 0 unspecified atom stereocenters. The van der Waals surface area contributed by atoms with Crippen molar-refractivity contribution in [2.45, 2.75) is 33.2 Å². The number of benzene rings is 2. The fourth-order valence-electron chi connectivity index (χ4n) is 3.54. The third-order valence-corrected chi connectivity index (χ3v) is 5.10. The average Bonchev–Trinajstić information content (AvgIpc) is 3.08. The summed E-state index contributed by atoms with van der Waals surface area (Å²) in [5, 5.41) is 2.83. The molecule has 2 aromatic carbocycles. The van der Waals surface area contributed by atoms with Crippen molar-refractivity contribution >= 4 is 39.9 Å². The summed E-state index contributed by atoms with van der Waals surface area (Å²) in [5.74, 6) is -1.23. The smallest absolute Gasteiger partial charge is 0.344 e. The van der Waals surface area contributed by atoms with Crippen LogP contribution in [-0.2, 0) is 11.3 Å². The van der Waals surface area contributed by atoms with E-state index >= 15 is 0 Å². The summed E-state index contributed by atoms with van der Waals surface area (Å²) in [4.78, 5) is 35.3. The molecule has 0 fully saturated rings. The molecule has 1 amide bonds. The van der Waals surface area contributed by atoms with Crippen LogP contribution in [0.2, 0.25) is 0 Å². The lowest BCUT2D eigenvalue weighted by Crippen LogP contribution is -2.18. The zero-order valence-electron chi connectivity index (χ0n) is 17.9. The topological polar surface area (TPSA) is 86.1 Å². The number of anilines is 1. The highest BCUT2D eigenvalue weighted by molar-refractivity contribution is 6.13. The van der Waals surface area contributed by atoms with Gasteiger partial charge in [0.05, 0.1) is 17.6 Å². The van der Waals surface area contributed by atoms with Gasteiger partial charge in [0.1, 0.15) is 22.7 Å². The number of aromatic nitrogens is 3. The first-order valence-electron chi connectivity index (χ1n) is 10.6. The molecule has 164 valence electrons. The number of rotatable bonds is 7. The van der Waals surface area contributed by atoms with Crippen LogP contribution in [-0.4, -0.2) is 33.0 Å². The van der Waals surface area contributed by atoms with E-state index < -0.39 is 17.7 Å². The number of unbranched alkanes of at least 4 members (excludes halogenated alkanes) is 1. The minimum atomic E-state index is -0.591. The number of amides is 1. The Morgan fingerprint density at radius 3 is 2.38 bits per heavy atom. The van der Waals surface area contributed by atoms with Crippen LogP contribution in [0.15, 0.2) is 48.5 Å². The van der Waals surface area contributed by atoms with Gasteiger partial charge in [-0.2, -0.15) is 0 Å². The van der Waals surface area contributed by atoms with Crippen molar-refractivity contribution in [3.63, 3.8) is 0 Å². The van der Waals surface area contributed by atoms with E-state index in [2.05, 4.69) is 17.2 Å². The van der Waals surface area contributed by atoms with E-state index in [1.165, 1.54) is 24.3 Å². The zero-order valence-corrected chi connectivity index (χ0v) is 17.9. The first-order valence-corrected chi connectivity index (χ1v) is 10.6. The first-order chi connectivity index (χ1) is 15.5. The van der Waals surface area contributed by atoms with Crippen molar-refractivity contribution < 1.29 is 18.7 Å². The van der Waals surface area contributed by atoms with Crippen molar-refractivity contribution in [1.29, 1.82) is 0 Å². The standard InChI is InChI=1S/C24H23FN4O3/c1-3-5-14-29-21(28-23(30)15-10-12-16(25)13-11-15)19(24(31)32-4-2)20-22(29)27-18-9-7-6-8-17(18)26-20/h6-13H,3-5,14H2,1-2H3,(H,28,30). The van der Waals surface area contributed by atoms with Crippen molar-refractivity contribution in [2.75, 3.05) is 11.9 Å². The van der Waals surface area contributed by atoms with Gasteiger partial charge in [0.25, 0.3) is 5.91 Å². The highest BCUT2D eigenvalue weighted by Crippen LogP contribution is 2.31. The van der Waals surface area contributed by atoms with Gasteiger partial charge >= 0.3 is 5.97 Å². The van der Waals surface area contributed by atoms with Crippen LogP contribution in [0.4, 0.5) is 10.2 Å². The van der Waals surface area contributed by atoms with Crippen LogP contribution < -0.4 is 5.32 Å². The molecule has 0 atom stereocenters. The molecule has 0 bridgehead atoms. The predicted octanol–water partition coefficient (Wildman–Crippen LogP) is 4.95. The Morgan fingerprint density at radius 2 is 1.72 bits per heavy atom. The maximum Gasteiger partial charge on any atom is 0.344 e. The average molecular weight is 434 g/mol. The van der Waals surface area contributed by atoms with E-state index in [4.69, 9.17) is 9.72 Å². The number of fused-ring (bicyclic) bond motifs is 2. The van der Waals surface area contributed by atoms with Crippen LogP contribution in [0.25, 0.3) is 22.2 Å². The summed E-state index contributed by atoms with van der Waals surface area (Å²) >= 11 is 0. The largest absolute Gasteiger partial charge is 0.462 e. The van der Waals surface area contributed by atoms with Gasteiger partial charge in [0.15, 0.2) is 5.65 Å². The predicted molar refractivity (Wildman–Crippen MR) is 120 cm³/mol. The minimum absolute atomic E-state index is 0.159. The van der Waals surface area contributed by atoms with Crippen molar-refractivity contribution in [2.24, 2.45) is 0 Å². The van der Waals surface area contributed by atoms with E-state index in [1.807, 2.05) is 24.3 Å². The Balaban J connectivity index is 1.93. The quantitative estimate of drug-likeness (QED) is 0.416. The van der Waals surface area contributed by atoms with Crippen molar-refractivity contribution in [1.82, 2.24) is 14.5 Å². The summed E-state index contributed by atoms with van der Waals surface area (Å²) in [6, 6.07) is 12.6. The zero-order chi connectivity index (χ0) is 22.7. The summed E-state index contributed by atoms with van der Waals surface area (Å²) in [6.45, 7) is 4.47. The number of nitrogens with zero attached hydrogens (tertiary/aromatic N) is 3. The monoisotopic (exact) mass is 434 g/mol. The van der Waals surface area contributed by atoms with E-state index in [0.717, 1.165) is 12.8 Å². The normalized spacial score (nSPS) is 11.1. The Morgan fingerprint density at radius 1 is 1.03 bits per heavy atom. The fraction of sp³-hybridized carbons (Fsp3) is 0.250. The second-order valence-electron chi connectivity index (χ2n) is 7.29. The van der Waals surface area contributed by atoms with Gasteiger partial charge in [-0.1, -0.05) is 25.5 Å². The van der Waals surface area contributed by atoms with Crippen LogP contribution in [0, 0.1) is 5.82 Å². The van der Waals surface area contributed by atoms with E-state index in [-0.39, 0.29) is 23.6 Å². The van der Waals surface area contributed by atoms with E-state index in [1.54, 1.807) is 11.5 Å². The SMILES string of the molecule is CCCCn1c(NC(=O)c2ccc(F)cc2)c(C(=O)OCC)c2nc3ccccc3nc21. The molecule has 0 radical (unpaired) electrons. The van der Waals surface area contributed by atoms with Gasteiger partial charge in [0.2, 0.25) is 0 Å². The van der Waals surface area contributed by atoms with Crippen LogP contribution in [0.1, 0.15) is 47.4 Å². The number of ether oxygens (including phenoxy) is 1. The molecule has 1 N–H and O–H groups in total. The molecule has 0 aliphatic carbocycles. The third kappa shape index (κ3) is 4.03. The second-order valence-corrected chi connectivity index (χ2v) is 7.29. The minimum Gasteiger partial charge on any atom is -0.462 e. The number of aryl methyl sites for hydroxylation is 1. The van der Waals surface area contributed by atoms with E-state index in [9.17, 15) is 14.0 Å². The Kier molecular flexibility index (Phi) is 6.11. The van der Waals surface area contributed by atoms with Gasteiger partial charge in [0, 0.05) is 12.1 Å². The highest BCUT2D eigenvalue weighted by atomic mass is 19.1. The van der Waals surface area contributed by atoms with Gasteiger partial charge < -0.3 is 14.6 Å². The summed E-state index contributed by atoms with van der Waals surface area (Å²) in [6.07, 6.45) is 1.71. The number of nitrogens with one attached hydrogen (secondary N) is 1. The number of carbonyl (C=O) groups excluding carboxylic acids is 2. The summed E-state index contributed by atoms with van der Waals surface area (Å²) < 4.78 is 20.4. The first kappa shape index (κ1) is 21.4. The molecular formula is C24H23FN4O3. The Hall–Kier alpha value is -3.81. The van der Waals surface area contributed by atoms with Crippen molar-refractivity contribution in [3.05, 3.63) is 65.5 Å². The number of carbonyl (C=O) groups is 2. The molecule has 2 aromatic heterocycles. The Labute approximate surface area is 184 Å². The number of esters is 1. The van der Waals surface area contributed by atoms with Crippen LogP contribution >= 0.6 is 0 Å². The molecule has 2 heterocycles. The molecule has 0 aliphatic heterocycles. The number of hydrogen-bond donors (Lipinski definition) is 1. The van der Waals surface area contributed by atoms with Crippen LogP contribution in [0.3, 0.4) is 0 Å². The number of para-hydroxylation sites is 2. The lowest BCUT2D eigenvalue weighted by molar-refractivity contribution is 0.0529. The lowest BCUT2D eigenvalue weighted by Gasteiger charge is -2.12. The summed E-state index contributed by atoms with van der Waals surface area (Å²) in [5.41, 5.74) is 2.60. The van der Waals surface area contributed by atoms with Gasteiger partial charge in [-0.3, -0.25) is 4.79 Å². The van der Waals surface area contributed by atoms with Crippen molar-refractivity contribution in [3.8, 4) is 0 Å². The number of halogens is 1. The molecule has 4 rings (SSSR count). The summed E-state index contributed by atoms with van der Waals surface area (Å²) in [7, 11) is 0. The third-order valence-electron chi connectivity index (χ3n) is 5.10. The number of hydrogen-bond acceptors (Lipinski definition) is 5. The maximum absolute atomic E-state index is 13.3. The Bertz CT molecular complexity index is 1300. The molecule has 0 saturated heterocycles. The highest BCUT2D eigenvalue weighted by Gasteiger charge is 2.28. The molecular weight excluding hydrogens is 411 g/mol. The molecule has 0 aliphatic rings. The molecule has 0 spiro atoms. The molecule has 8 heteroatoms. The maximum atomic E-state index is 13.3. The van der Waals surface area contributed by atoms with Gasteiger partial charge in [-0.15, -0.1) is 0 Å².